The van der Waals surface area contributed by atoms with Gasteiger partial charge in [0, 0.05) is 35.1 Å². The smallest absolute Gasteiger partial charge is 0.469 e. The zero-order chi connectivity index (χ0) is 33.8. The lowest BCUT2D eigenvalue weighted by molar-refractivity contribution is -0.141. The second-order valence-corrected chi connectivity index (χ2v) is 15.6. The molecule has 0 radical (unpaired) electrons. The number of carbonyl (C=O) groups is 3. The van der Waals surface area contributed by atoms with Crippen molar-refractivity contribution in [3.63, 3.8) is 0 Å². The molecule has 0 fully saturated rings. The summed E-state index contributed by atoms with van der Waals surface area (Å²) in [6.45, 7) is 24.8. The number of aryl methyl sites for hydroxylation is 2. The van der Waals surface area contributed by atoms with Crippen molar-refractivity contribution in [1.29, 1.82) is 0 Å². The first kappa shape index (κ1) is 36.8. The fourth-order valence-corrected chi connectivity index (χ4v) is 5.00. The van der Waals surface area contributed by atoms with Crippen molar-refractivity contribution in [1.82, 2.24) is 0 Å². The molecule has 0 amide bonds. The molecule has 0 aliphatic rings. The van der Waals surface area contributed by atoms with Crippen LogP contribution in [0.5, 0.6) is 11.5 Å². The summed E-state index contributed by atoms with van der Waals surface area (Å²) in [4.78, 5) is 37.6. The maximum Gasteiger partial charge on any atom is 0.519 e. The highest BCUT2D eigenvalue weighted by Crippen LogP contribution is 2.43. The molecule has 0 heterocycles. The van der Waals surface area contributed by atoms with Crippen LogP contribution < -0.4 is 9.47 Å². The number of esters is 2. The predicted octanol–water partition coefficient (Wildman–Crippen LogP) is 8.67. The Kier molecular flexibility index (Phi) is 11.5. The van der Waals surface area contributed by atoms with Gasteiger partial charge in [-0.1, -0.05) is 107 Å². The van der Waals surface area contributed by atoms with E-state index in [9.17, 15) is 14.4 Å². The van der Waals surface area contributed by atoms with Gasteiger partial charge in [0.25, 0.3) is 0 Å². The molecule has 44 heavy (non-hydrogen) atoms. The lowest BCUT2D eigenvalue weighted by atomic mass is 9.78. The molecular formula is C37H54O7. The van der Waals surface area contributed by atoms with Gasteiger partial charge in [0.2, 0.25) is 0 Å². The molecule has 0 bridgehead atoms. The first-order valence-electron chi connectivity index (χ1n) is 15.4. The molecule has 244 valence electrons. The quantitative estimate of drug-likeness (QED) is 0.218. The first-order valence-corrected chi connectivity index (χ1v) is 15.4. The highest BCUT2D eigenvalue weighted by Gasteiger charge is 2.33. The highest BCUT2D eigenvalue weighted by atomic mass is 16.7. The summed E-state index contributed by atoms with van der Waals surface area (Å²) in [5.41, 5.74) is 3.88. The van der Waals surface area contributed by atoms with E-state index in [0.29, 0.717) is 24.3 Å². The number of hydrogen-bond acceptors (Lipinski definition) is 7. The van der Waals surface area contributed by atoms with Crippen molar-refractivity contribution in [3.05, 3.63) is 57.6 Å². The summed E-state index contributed by atoms with van der Waals surface area (Å²) in [7, 11) is 2.77. The number of hydrogen-bond donors (Lipinski definition) is 0. The van der Waals surface area contributed by atoms with Crippen molar-refractivity contribution in [2.45, 2.75) is 130 Å². The summed E-state index contributed by atoms with van der Waals surface area (Å²) >= 11 is 0. The van der Waals surface area contributed by atoms with Crippen molar-refractivity contribution < 1.29 is 33.3 Å². The number of rotatable bonds is 8. The molecule has 0 unspecified atom stereocenters. The normalized spacial score (nSPS) is 12.5. The Balaban J connectivity index is 2.68. The Morgan fingerprint density at radius 3 is 0.955 bits per heavy atom. The molecule has 0 aliphatic heterocycles. The van der Waals surface area contributed by atoms with Gasteiger partial charge in [0.05, 0.1) is 14.2 Å². The van der Waals surface area contributed by atoms with Crippen LogP contribution in [0.3, 0.4) is 0 Å². The highest BCUT2D eigenvalue weighted by molar-refractivity contribution is 5.72. The molecule has 0 aliphatic carbocycles. The number of ether oxygens (including phenoxy) is 4. The average molecular weight is 611 g/mol. The van der Waals surface area contributed by atoms with Gasteiger partial charge in [-0.3, -0.25) is 9.59 Å². The Morgan fingerprint density at radius 2 is 0.750 bits per heavy atom. The summed E-state index contributed by atoms with van der Waals surface area (Å²) in [5.74, 6) is 0.399. The third kappa shape index (κ3) is 9.83. The largest absolute Gasteiger partial charge is 0.519 e. The van der Waals surface area contributed by atoms with Crippen LogP contribution >= 0.6 is 0 Å². The van der Waals surface area contributed by atoms with Gasteiger partial charge in [0.15, 0.2) is 0 Å². The molecule has 0 spiro atoms. The topological polar surface area (TPSA) is 88.1 Å². The Bertz CT molecular complexity index is 1180. The molecular weight excluding hydrogens is 556 g/mol. The second-order valence-electron chi connectivity index (χ2n) is 15.6. The van der Waals surface area contributed by atoms with E-state index >= 15 is 0 Å². The summed E-state index contributed by atoms with van der Waals surface area (Å²) in [6.07, 6.45) is 0.715. The number of carbonyl (C=O) groups excluding carboxylic acids is 3. The van der Waals surface area contributed by atoms with Crippen LogP contribution in [0, 0.1) is 0 Å². The van der Waals surface area contributed by atoms with Gasteiger partial charge in [-0.05, 0) is 45.6 Å². The van der Waals surface area contributed by atoms with Crippen molar-refractivity contribution in [3.8, 4) is 11.5 Å². The molecule has 2 aromatic rings. The van der Waals surface area contributed by atoms with E-state index in [0.717, 1.165) is 33.4 Å². The molecule has 0 saturated carbocycles. The lowest BCUT2D eigenvalue weighted by Crippen LogP contribution is -2.26. The summed E-state index contributed by atoms with van der Waals surface area (Å²) in [6, 6.07) is 8.05. The van der Waals surface area contributed by atoms with E-state index in [1.54, 1.807) is 0 Å². The van der Waals surface area contributed by atoms with E-state index in [1.165, 1.54) is 14.2 Å². The zero-order valence-corrected chi connectivity index (χ0v) is 29.5. The number of benzene rings is 2. The Labute approximate surface area is 265 Å². The van der Waals surface area contributed by atoms with Crippen molar-refractivity contribution in [2.24, 2.45) is 0 Å². The van der Waals surface area contributed by atoms with E-state index in [2.05, 4.69) is 83.1 Å². The molecule has 7 heteroatoms. The van der Waals surface area contributed by atoms with Gasteiger partial charge in [-0.25, -0.2) is 4.79 Å². The van der Waals surface area contributed by atoms with Crippen LogP contribution in [-0.4, -0.2) is 32.3 Å². The SMILES string of the molecule is COC(=O)CCc1cc(C(C)(C)C)c(OC(=O)Oc2c(C(C)(C)C)cc(CCC(=O)OC)cc2C(C)(C)C)c(C(C)(C)C)c1. The van der Waals surface area contributed by atoms with E-state index < -0.39 is 6.16 Å². The Hall–Kier alpha value is -3.35. The van der Waals surface area contributed by atoms with Crippen LogP contribution in [0.25, 0.3) is 0 Å². The monoisotopic (exact) mass is 610 g/mol. The third-order valence-electron chi connectivity index (χ3n) is 7.59. The minimum absolute atomic E-state index is 0.257. The summed E-state index contributed by atoms with van der Waals surface area (Å²) in [5, 5.41) is 0. The molecule has 0 atom stereocenters. The Morgan fingerprint density at radius 1 is 0.500 bits per heavy atom. The summed E-state index contributed by atoms with van der Waals surface area (Å²) < 4.78 is 22.1. The van der Waals surface area contributed by atoms with Gasteiger partial charge >= 0.3 is 18.1 Å². The van der Waals surface area contributed by atoms with Crippen LogP contribution in [0.15, 0.2) is 24.3 Å². The van der Waals surface area contributed by atoms with Crippen LogP contribution in [-0.2, 0) is 53.6 Å². The predicted molar refractivity (Wildman–Crippen MR) is 175 cm³/mol. The van der Waals surface area contributed by atoms with Crippen LogP contribution in [0.4, 0.5) is 4.79 Å². The van der Waals surface area contributed by atoms with Gasteiger partial charge in [-0.15, -0.1) is 0 Å². The fourth-order valence-electron chi connectivity index (χ4n) is 5.00. The number of methoxy groups -OCH3 is 2. The standard InChI is InChI=1S/C37H54O7/c1-34(2,3)25-19-23(15-17-29(38)41-13)20-26(35(4,5)6)31(25)43-33(40)44-32-27(36(7,8)9)21-24(16-18-30(39)42-14)22-28(32)37(10,11)12/h19-22H,15-18H2,1-14H3. The van der Waals surface area contributed by atoms with Crippen molar-refractivity contribution >= 4 is 18.1 Å². The molecule has 0 aromatic heterocycles. The average Bonchev–Trinajstić information content (AvgIpc) is 2.88. The third-order valence-corrected chi connectivity index (χ3v) is 7.59. The molecule has 0 N–H and O–H groups in total. The van der Waals surface area contributed by atoms with Gasteiger partial charge in [-0.2, -0.15) is 0 Å². The van der Waals surface area contributed by atoms with Gasteiger partial charge < -0.3 is 18.9 Å². The molecule has 2 aromatic carbocycles. The zero-order valence-electron chi connectivity index (χ0n) is 29.5. The van der Waals surface area contributed by atoms with Crippen LogP contribution in [0.1, 0.15) is 129 Å². The maximum atomic E-state index is 13.8. The van der Waals surface area contributed by atoms with Gasteiger partial charge in [0.1, 0.15) is 11.5 Å². The van der Waals surface area contributed by atoms with E-state index in [4.69, 9.17) is 18.9 Å². The van der Waals surface area contributed by atoms with Crippen molar-refractivity contribution in [2.75, 3.05) is 14.2 Å². The maximum absolute atomic E-state index is 13.8. The molecule has 7 nitrogen and oxygen atoms in total. The van der Waals surface area contributed by atoms with E-state index in [1.807, 2.05) is 24.3 Å². The fraction of sp³-hybridized carbons (Fsp3) is 0.595. The second kappa shape index (κ2) is 13.7. The molecule has 0 saturated heterocycles. The first-order chi connectivity index (χ1) is 20.0. The lowest BCUT2D eigenvalue weighted by Gasteiger charge is -2.31. The van der Waals surface area contributed by atoms with Crippen LogP contribution in [0.2, 0.25) is 0 Å². The van der Waals surface area contributed by atoms with E-state index in [-0.39, 0.29) is 46.4 Å². The minimum atomic E-state index is -0.818. The molecule has 2 rings (SSSR count). The minimum Gasteiger partial charge on any atom is -0.469 e.